The van der Waals surface area contributed by atoms with Crippen LogP contribution < -0.4 is 5.32 Å². The molecule has 6 heteroatoms. The molecule has 0 saturated carbocycles. The van der Waals surface area contributed by atoms with Crippen LogP contribution in [0, 0.1) is 3.57 Å². The van der Waals surface area contributed by atoms with Gasteiger partial charge >= 0.3 is 5.97 Å². The second kappa shape index (κ2) is 7.60. The number of carbonyl (C=O) groups is 2. The Morgan fingerprint density at radius 2 is 1.91 bits per heavy atom. The molecule has 0 aliphatic carbocycles. The van der Waals surface area contributed by atoms with E-state index in [4.69, 9.17) is 11.6 Å². The highest BCUT2D eigenvalue weighted by molar-refractivity contribution is 14.1. The number of rotatable bonds is 5. The van der Waals surface area contributed by atoms with Crippen LogP contribution in [0.4, 0.5) is 0 Å². The molecule has 2 aromatic carbocycles. The van der Waals surface area contributed by atoms with Gasteiger partial charge in [-0.3, -0.25) is 4.79 Å². The van der Waals surface area contributed by atoms with Gasteiger partial charge in [0, 0.05) is 9.99 Å². The van der Waals surface area contributed by atoms with Gasteiger partial charge in [0.1, 0.15) is 6.04 Å². The molecule has 114 valence electrons. The molecule has 1 atom stereocenters. The van der Waals surface area contributed by atoms with Gasteiger partial charge in [-0.25, -0.2) is 4.79 Å². The fourth-order valence-corrected chi connectivity index (χ4v) is 2.81. The van der Waals surface area contributed by atoms with Crippen LogP contribution >= 0.6 is 34.2 Å². The van der Waals surface area contributed by atoms with Gasteiger partial charge in [0.2, 0.25) is 0 Å². The molecule has 0 radical (unpaired) electrons. The second-order valence-electron chi connectivity index (χ2n) is 4.68. The Morgan fingerprint density at radius 1 is 1.18 bits per heavy atom. The van der Waals surface area contributed by atoms with Gasteiger partial charge in [-0.15, -0.1) is 0 Å². The average molecular weight is 430 g/mol. The molecule has 0 fully saturated rings. The highest BCUT2D eigenvalue weighted by Gasteiger charge is 2.22. The van der Waals surface area contributed by atoms with Crippen LogP contribution in [0.1, 0.15) is 15.9 Å². The van der Waals surface area contributed by atoms with Crippen molar-refractivity contribution in [1.82, 2.24) is 5.32 Å². The molecule has 0 heterocycles. The van der Waals surface area contributed by atoms with Crippen LogP contribution in [-0.2, 0) is 11.2 Å². The number of carboxylic acid groups (broad SMARTS) is 1. The molecule has 2 rings (SSSR count). The highest BCUT2D eigenvalue weighted by atomic mass is 127. The van der Waals surface area contributed by atoms with Crippen LogP contribution in [0.2, 0.25) is 5.02 Å². The molecule has 0 bridgehead atoms. The number of aliphatic carboxylic acids is 1. The van der Waals surface area contributed by atoms with Crippen molar-refractivity contribution in [1.29, 1.82) is 0 Å². The maximum Gasteiger partial charge on any atom is 0.326 e. The number of hydrogen-bond acceptors (Lipinski definition) is 2. The van der Waals surface area contributed by atoms with Crippen LogP contribution in [0.3, 0.4) is 0 Å². The van der Waals surface area contributed by atoms with Gasteiger partial charge in [0.25, 0.3) is 5.91 Å². The van der Waals surface area contributed by atoms with Crippen molar-refractivity contribution in [2.24, 2.45) is 0 Å². The highest BCUT2D eigenvalue weighted by Crippen LogP contribution is 2.15. The Balaban J connectivity index is 2.14. The van der Waals surface area contributed by atoms with Crippen molar-refractivity contribution in [3.63, 3.8) is 0 Å². The maximum absolute atomic E-state index is 12.2. The number of halogens is 2. The molecule has 0 spiro atoms. The summed E-state index contributed by atoms with van der Waals surface area (Å²) in [5.74, 6) is -1.58. The van der Waals surface area contributed by atoms with E-state index >= 15 is 0 Å². The molecule has 1 amide bonds. The lowest BCUT2D eigenvalue weighted by molar-refractivity contribution is -0.139. The Labute approximate surface area is 146 Å². The topological polar surface area (TPSA) is 66.4 Å². The van der Waals surface area contributed by atoms with E-state index in [1.807, 2.05) is 24.3 Å². The molecule has 0 aliphatic rings. The van der Waals surface area contributed by atoms with Crippen molar-refractivity contribution >= 4 is 46.1 Å². The van der Waals surface area contributed by atoms with E-state index in [1.54, 1.807) is 24.3 Å². The lowest BCUT2D eigenvalue weighted by Crippen LogP contribution is -2.42. The van der Waals surface area contributed by atoms with E-state index in [2.05, 4.69) is 27.9 Å². The average Bonchev–Trinajstić information content (AvgIpc) is 2.46. The fraction of sp³-hybridized carbons (Fsp3) is 0.125. The molecule has 4 nitrogen and oxygen atoms in total. The van der Waals surface area contributed by atoms with Gasteiger partial charge in [-0.2, -0.15) is 0 Å². The Kier molecular flexibility index (Phi) is 5.79. The summed E-state index contributed by atoms with van der Waals surface area (Å²) in [5.41, 5.74) is 1.11. The second-order valence-corrected chi connectivity index (χ2v) is 6.33. The Bertz CT molecular complexity index is 705. The van der Waals surface area contributed by atoms with Crippen molar-refractivity contribution in [3.05, 3.63) is 68.3 Å². The summed E-state index contributed by atoms with van der Waals surface area (Å²) in [6.45, 7) is 0. The summed E-state index contributed by atoms with van der Waals surface area (Å²) in [6.07, 6.45) is 0.211. The standard InChI is InChI=1S/C16H13ClINO3/c17-13-7-2-1-6-12(13)15(20)19-14(16(21)22)9-10-4-3-5-11(18)8-10/h1-8,14H,9H2,(H,19,20)(H,21,22)/t14-/m1/s1. The molecular weight excluding hydrogens is 417 g/mol. The molecule has 0 aliphatic heterocycles. The lowest BCUT2D eigenvalue weighted by Gasteiger charge is -2.15. The third-order valence-electron chi connectivity index (χ3n) is 3.05. The minimum atomic E-state index is -1.08. The van der Waals surface area contributed by atoms with Crippen LogP contribution in [0.15, 0.2) is 48.5 Å². The normalized spacial score (nSPS) is 11.7. The molecule has 0 aromatic heterocycles. The summed E-state index contributed by atoms with van der Waals surface area (Å²) in [4.78, 5) is 23.6. The zero-order valence-corrected chi connectivity index (χ0v) is 14.3. The monoisotopic (exact) mass is 429 g/mol. The first kappa shape index (κ1) is 16.8. The predicted octanol–water partition coefficient (Wildman–Crippen LogP) is 3.37. The van der Waals surface area contributed by atoms with E-state index in [1.165, 1.54) is 0 Å². The number of carboxylic acids is 1. The molecule has 2 N–H and O–H groups in total. The first-order chi connectivity index (χ1) is 10.5. The third kappa shape index (κ3) is 4.45. The quantitative estimate of drug-likeness (QED) is 0.716. The molecule has 22 heavy (non-hydrogen) atoms. The zero-order chi connectivity index (χ0) is 16.1. The summed E-state index contributed by atoms with van der Waals surface area (Å²) in [6, 6.07) is 13.0. The number of carbonyl (C=O) groups excluding carboxylic acids is 1. The Hall–Kier alpha value is -1.60. The van der Waals surface area contributed by atoms with Crippen LogP contribution in [-0.4, -0.2) is 23.0 Å². The van der Waals surface area contributed by atoms with Crippen LogP contribution in [0.5, 0.6) is 0 Å². The van der Waals surface area contributed by atoms with E-state index in [0.29, 0.717) is 5.02 Å². The van der Waals surface area contributed by atoms with Crippen molar-refractivity contribution in [2.45, 2.75) is 12.5 Å². The summed E-state index contributed by atoms with van der Waals surface area (Å²) in [5, 5.41) is 12.1. The summed E-state index contributed by atoms with van der Waals surface area (Å²) < 4.78 is 1.01. The first-order valence-corrected chi connectivity index (χ1v) is 7.95. The van der Waals surface area contributed by atoms with Gasteiger partial charge in [0.15, 0.2) is 0 Å². The minimum absolute atomic E-state index is 0.211. The van der Waals surface area contributed by atoms with Crippen molar-refractivity contribution in [3.8, 4) is 0 Å². The van der Waals surface area contributed by atoms with Gasteiger partial charge < -0.3 is 10.4 Å². The van der Waals surface area contributed by atoms with E-state index in [-0.39, 0.29) is 12.0 Å². The number of benzene rings is 2. The number of nitrogens with one attached hydrogen (secondary N) is 1. The lowest BCUT2D eigenvalue weighted by atomic mass is 10.1. The van der Waals surface area contributed by atoms with E-state index in [0.717, 1.165) is 9.13 Å². The fourth-order valence-electron chi connectivity index (χ4n) is 1.98. The first-order valence-electron chi connectivity index (χ1n) is 6.50. The largest absolute Gasteiger partial charge is 0.480 e. The van der Waals surface area contributed by atoms with E-state index < -0.39 is 17.9 Å². The smallest absolute Gasteiger partial charge is 0.326 e. The van der Waals surface area contributed by atoms with Gasteiger partial charge in [0.05, 0.1) is 10.6 Å². The van der Waals surface area contributed by atoms with Crippen molar-refractivity contribution < 1.29 is 14.7 Å². The van der Waals surface area contributed by atoms with Crippen LogP contribution in [0.25, 0.3) is 0 Å². The number of amides is 1. The molecular formula is C16H13ClINO3. The van der Waals surface area contributed by atoms with Crippen molar-refractivity contribution in [2.75, 3.05) is 0 Å². The zero-order valence-electron chi connectivity index (χ0n) is 11.4. The van der Waals surface area contributed by atoms with E-state index in [9.17, 15) is 14.7 Å². The molecule has 0 unspecified atom stereocenters. The molecule has 0 saturated heterocycles. The van der Waals surface area contributed by atoms with Gasteiger partial charge in [-0.05, 0) is 52.4 Å². The number of hydrogen-bond donors (Lipinski definition) is 2. The minimum Gasteiger partial charge on any atom is -0.480 e. The summed E-state index contributed by atoms with van der Waals surface area (Å²) >= 11 is 8.11. The Morgan fingerprint density at radius 3 is 2.55 bits per heavy atom. The maximum atomic E-state index is 12.2. The third-order valence-corrected chi connectivity index (χ3v) is 4.05. The molecule has 2 aromatic rings. The van der Waals surface area contributed by atoms with Gasteiger partial charge in [-0.1, -0.05) is 35.9 Å². The summed E-state index contributed by atoms with van der Waals surface area (Å²) in [7, 11) is 0. The SMILES string of the molecule is O=C(N[C@H](Cc1cccc(I)c1)C(=O)O)c1ccccc1Cl. The predicted molar refractivity (Wildman–Crippen MR) is 93.2 cm³/mol.